The number of carbonyl (C=O) groups excluding carboxylic acids is 2. The number of methoxy groups -OCH3 is 1. The third-order valence-corrected chi connectivity index (χ3v) is 4.51. The van der Waals surface area contributed by atoms with Gasteiger partial charge in [-0.3, -0.25) is 9.69 Å². The molecule has 0 saturated heterocycles. The number of nitrogens with one attached hydrogen (secondary N) is 1. The standard InChI is InChI=1S/C17H19BrN2O5/c1-10-14(16(23)25-2)15(11-5-7-12(18)8-6-11)19-17(24)20(10)9-3-4-13(21)22/h5-8,15H,3-4,9H2,1-2H3,(H,19,24)(H,21,22)/t15-/m1/s1. The van der Waals surface area contributed by atoms with Crippen molar-refractivity contribution in [3.63, 3.8) is 0 Å². The topological polar surface area (TPSA) is 95.9 Å². The molecule has 0 saturated carbocycles. The van der Waals surface area contributed by atoms with Crippen molar-refractivity contribution in [1.29, 1.82) is 0 Å². The third-order valence-electron chi connectivity index (χ3n) is 3.98. The number of urea groups is 1. The van der Waals surface area contributed by atoms with Gasteiger partial charge in [0.15, 0.2) is 0 Å². The lowest BCUT2D eigenvalue weighted by atomic mass is 9.95. The number of aliphatic carboxylic acids is 1. The largest absolute Gasteiger partial charge is 0.481 e. The number of rotatable bonds is 6. The van der Waals surface area contributed by atoms with E-state index in [-0.39, 0.29) is 25.4 Å². The van der Waals surface area contributed by atoms with Crippen LogP contribution in [0.4, 0.5) is 4.79 Å². The van der Waals surface area contributed by atoms with Crippen molar-refractivity contribution in [1.82, 2.24) is 10.2 Å². The van der Waals surface area contributed by atoms with E-state index in [4.69, 9.17) is 9.84 Å². The van der Waals surface area contributed by atoms with E-state index in [9.17, 15) is 14.4 Å². The smallest absolute Gasteiger partial charge is 0.337 e. The monoisotopic (exact) mass is 410 g/mol. The first-order valence-electron chi connectivity index (χ1n) is 7.69. The highest BCUT2D eigenvalue weighted by atomic mass is 79.9. The fourth-order valence-electron chi connectivity index (χ4n) is 2.72. The predicted molar refractivity (Wildman–Crippen MR) is 93.7 cm³/mol. The number of carboxylic acids is 1. The first-order valence-corrected chi connectivity index (χ1v) is 8.48. The van der Waals surface area contributed by atoms with Gasteiger partial charge in [0.1, 0.15) is 0 Å². The van der Waals surface area contributed by atoms with Crippen molar-refractivity contribution < 1.29 is 24.2 Å². The van der Waals surface area contributed by atoms with E-state index < -0.39 is 18.0 Å². The van der Waals surface area contributed by atoms with Crippen molar-refractivity contribution in [3.8, 4) is 0 Å². The van der Waals surface area contributed by atoms with Crippen molar-refractivity contribution in [3.05, 3.63) is 45.6 Å². The Balaban J connectivity index is 2.37. The summed E-state index contributed by atoms with van der Waals surface area (Å²) < 4.78 is 5.77. The average molecular weight is 411 g/mol. The number of benzene rings is 1. The molecule has 0 bridgehead atoms. The number of allylic oxidation sites excluding steroid dienone is 1. The molecule has 1 aliphatic heterocycles. The zero-order valence-electron chi connectivity index (χ0n) is 13.9. The number of esters is 1. The van der Waals surface area contributed by atoms with Gasteiger partial charge < -0.3 is 15.2 Å². The Labute approximate surface area is 153 Å². The SMILES string of the molecule is COC(=O)C1=C(C)N(CCCC(=O)O)C(=O)N[C@@H]1c1ccc(Br)cc1. The Morgan fingerprint density at radius 3 is 2.52 bits per heavy atom. The molecular weight excluding hydrogens is 392 g/mol. The van der Waals surface area contributed by atoms with Gasteiger partial charge in [-0.25, -0.2) is 9.59 Å². The number of hydrogen-bond acceptors (Lipinski definition) is 4. The second-order valence-electron chi connectivity index (χ2n) is 5.57. The third kappa shape index (κ3) is 4.39. The lowest BCUT2D eigenvalue weighted by molar-refractivity contribution is -0.138. The average Bonchev–Trinajstić information content (AvgIpc) is 2.57. The predicted octanol–water partition coefficient (Wildman–Crippen LogP) is 2.83. The number of ether oxygens (including phenoxy) is 1. The van der Waals surface area contributed by atoms with Gasteiger partial charge in [0, 0.05) is 23.1 Å². The van der Waals surface area contributed by atoms with Crippen LogP contribution < -0.4 is 5.32 Å². The van der Waals surface area contributed by atoms with Crippen LogP contribution in [0.25, 0.3) is 0 Å². The van der Waals surface area contributed by atoms with Gasteiger partial charge in [-0.2, -0.15) is 0 Å². The van der Waals surface area contributed by atoms with Gasteiger partial charge in [0.25, 0.3) is 0 Å². The summed E-state index contributed by atoms with van der Waals surface area (Å²) >= 11 is 3.35. The summed E-state index contributed by atoms with van der Waals surface area (Å²) in [5.41, 5.74) is 1.55. The maximum Gasteiger partial charge on any atom is 0.337 e. The molecular formula is C17H19BrN2O5. The highest BCUT2D eigenvalue weighted by Gasteiger charge is 2.35. The molecule has 1 aromatic carbocycles. The van der Waals surface area contributed by atoms with E-state index in [0.29, 0.717) is 11.3 Å². The fourth-order valence-corrected chi connectivity index (χ4v) is 2.98. The van der Waals surface area contributed by atoms with Gasteiger partial charge >= 0.3 is 18.0 Å². The Morgan fingerprint density at radius 1 is 1.32 bits per heavy atom. The van der Waals surface area contributed by atoms with Crippen LogP contribution in [0.15, 0.2) is 40.0 Å². The molecule has 0 spiro atoms. The van der Waals surface area contributed by atoms with E-state index in [2.05, 4.69) is 21.2 Å². The minimum absolute atomic E-state index is 0.0548. The molecule has 0 aliphatic carbocycles. The second kappa shape index (κ2) is 8.15. The molecule has 2 rings (SSSR count). The van der Waals surface area contributed by atoms with Crippen molar-refractivity contribution in [2.45, 2.75) is 25.8 Å². The maximum atomic E-state index is 12.5. The summed E-state index contributed by atoms with van der Waals surface area (Å²) in [5.74, 6) is -1.46. The van der Waals surface area contributed by atoms with Crippen molar-refractivity contribution in [2.24, 2.45) is 0 Å². The molecule has 1 heterocycles. The Morgan fingerprint density at radius 2 is 1.96 bits per heavy atom. The van der Waals surface area contributed by atoms with Gasteiger partial charge in [-0.05, 0) is 31.0 Å². The van der Waals surface area contributed by atoms with Crippen LogP contribution in [0.1, 0.15) is 31.4 Å². The van der Waals surface area contributed by atoms with Crippen LogP contribution in [0.2, 0.25) is 0 Å². The second-order valence-corrected chi connectivity index (χ2v) is 6.49. The molecule has 1 atom stereocenters. The summed E-state index contributed by atoms with van der Waals surface area (Å²) in [6.07, 6.45) is 0.234. The zero-order chi connectivity index (χ0) is 18.6. The van der Waals surface area contributed by atoms with Gasteiger partial charge in [0.2, 0.25) is 0 Å². The normalized spacial score (nSPS) is 17.3. The number of nitrogens with zero attached hydrogens (tertiary/aromatic N) is 1. The quantitative estimate of drug-likeness (QED) is 0.702. The summed E-state index contributed by atoms with van der Waals surface area (Å²) in [6, 6.07) is 6.28. The van der Waals surface area contributed by atoms with Crippen molar-refractivity contribution in [2.75, 3.05) is 13.7 Å². The van der Waals surface area contributed by atoms with Crippen LogP contribution in [0, 0.1) is 0 Å². The fraction of sp³-hybridized carbons (Fsp3) is 0.353. The molecule has 0 unspecified atom stereocenters. The Kier molecular flexibility index (Phi) is 6.19. The molecule has 1 aliphatic rings. The minimum atomic E-state index is -0.931. The number of halogens is 1. The zero-order valence-corrected chi connectivity index (χ0v) is 15.5. The lowest BCUT2D eigenvalue weighted by Crippen LogP contribution is -2.48. The molecule has 1 aromatic rings. The van der Waals surface area contributed by atoms with Crippen LogP contribution in [-0.2, 0) is 14.3 Å². The van der Waals surface area contributed by atoms with Gasteiger partial charge in [-0.15, -0.1) is 0 Å². The van der Waals surface area contributed by atoms with E-state index >= 15 is 0 Å². The van der Waals surface area contributed by atoms with Crippen molar-refractivity contribution >= 4 is 33.9 Å². The number of carboxylic acid groups (broad SMARTS) is 1. The molecule has 0 aromatic heterocycles. The van der Waals surface area contributed by atoms with Gasteiger partial charge in [-0.1, -0.05) is 28.1 Å². The van der Waals surface area contributed by atoms with E-state index in [0.717, 1.165) is 10.0 Å². The van der Waals surface area contributed by atoms with Gasteiger partial charge in [0.05, 0.1) is 18.7 Å². The summed E-state index contributed by atoms with van der Waals surface area (Å²) in [6.45, 7) is 1.87. The maximum absolute atomic E-state index is 12.5. The first-order chi connectivity index (χ1) is 11.8. The molecule has 0 radical (unpaired) electrons. The lowest BCUT2D eigenvalue weighted by Gasteiger charge is -2.35. The molecule has 25 heavy (non-hydrogen) atoms. The minimum Gasteiger partial charge on any atom is -0.481 e. The molecule has 2 amide bonds. The van der Waals surface area contributed by atoms with Crippen LogP contribution in [0.3, 0.4) is 0 Å². The highest BCUT2D eigenvalue weighted by Crippen LogP contribution is 2.31. The molecule has 8 heteroatoms. The van der Waals surface area contributed by atoms with Crippen LogP contribution >= 0.6 is 15.9 Å². The Bertz CT molecular complexity index is 714. The molecule has 0 fully saturated rings. The number of hydrogen-bond donors (Lipinski definition) is 2. The summed E-state index contributed by atoms with van der Waals surface area (Å²) in [7, 11) is 1.28. The summed E-state index contributed by atoms with van der Waals surface area (Å²) in [5, 5.41) is 11.6. The van der Waals surface area contributed by atoms with E-state index in [1.165, 1.54) is 12.0 Å². The number of amides is 2. The molecule has 134 valence electrons. The molecule has 7 nitrogen and oxygen atoms in total. The van der Waals surface area contributed by atoms with Crippen LogP contribution in [0.5, 0.6) is 0 Å². The Hall–Kier alpha value is -2.35. The number of carbonyl (C=O) groups is 3. The first kappa shape index (κ1) is 19.0. The molecule has 2 N–H and O–H groups in total. The van der Waals surface area contributed by atoms with E-state index in [1.807, 2.05) is 24.3 Å². The summed E-state index contributed by atoms with van der Waals surface area (Å²) in [4.78, 5) is 36.8. The van der Waals surface area contributed by atoms with Crippen LogP contribution in [-0.4, -0.2) is 41.6 Å². The highest BCUT2D eigenvalue weighted by molar-refractivity contribution is 9.10. The van der Waals surface area contributed by atoms with E-state index in [1.54, 1.807) is 6.92 Å².